The van der Waals surface area contributed by atoms with Gasteiger partial charge in [-0.2, -0.15) is 0 Å². The highest BCUT2D eigenvalue weighted by molar-refractivity contribution is 5.73. The zero-order valence-corrected chi connectivity index (χ0v) is 11.6. The largest absolute Gasteiger partial charge is 0.395 e. The lowest BCUT2D eigenvalue weighted by atomic mass is 10.2. The van der Waals surface area contributed by atoms with Crippen LogP contribution in [-0.2, 0) is 0 Å². The van der Waals surface area contributed by atoms with Crippen LogP contribution in [0.5, 0.6) is 0 Å². The molecule has 0 saturated heterocycles. The minimum Gasteiger partial charge on any atom is -0.395 e. The Morgan fingerprint density at radius 1 is 1.32 bits per heavy atom. The standard InChI is InChI=1S/C14H23N3O2/c1-3-17(13-6-4-5-12(2)11-13)9-7-15-14(19)16-8-10-18/h4-6,11,18H,3,7-10H2,1-2H3,(H2,15,16,19). The van der Waals surface area contributed by atoms with E-state index < -0.39 is 0 Å². The minimum absolute atomic E-state index is 0.0439. The fourth-order valence-corrected chi connectivity index (χ4v) is 1.83. The third kappa shape index (κ3) is 5.61. The molecular weight excluding hydrogens is 242 g/mol. The minimum atomic E-state index is -0.241. The van der Waals surface area contributed by atoms with Gasteiger partial charge in [-0.15, -0.1) is 0 Å². The molecule has 19 heavy (non-hydrogen) atoms. The molecule has 5 nitrogen and oxygen atoms in total. The van der Waals surface area contributed by atoms with Gasteiger partial charge >= 0.3 is 6.03 Å². The normalized spacial score (nSPS) is 10.1. The maximum absolute atomic E-state index is 11.3. The van der Waals surface area contributed by atoms with E-state index in [4.69, 9.17) is 5.11 Å². The second kappa shape index (κ2) is 8.37. The van der Waals surface area contributed by atoms with Crippen molar-refractivity contribution in [1.82, 2.24) is 10.6 Å². The first-order valence-corrected chi connectivity index (χ1v) is 6.61. The van der Waals surface area contributed by atoms with Crippen LogP contribution >= 0.6 is 0 Å². The van der Waals surface area contributed by atoms with Crippen molar-refractivity contribution in [3.63, 3.8) is 0 Å². The fourth-order valence-electron chi connectivity index (χ4n) is 1.83. The molecule has 0 aromatic heterocycles. The molecule has 0 aliphatic rings. The SMILES string of the molecule is CCN(CCNC(=O)NCCO)c1cccc(C)c1. The summed E-state index contributed by atoms with van der Waals surface area (Å²) >= 11 is 0. The van der Waals surface area contributed by atoms with Crippen molar-refractivity contribution < 1.29 is 9.90 Å². The number of rotatable bonds is 7. The summed E-state index contributed by atoms with van der Waals surface area (Å²) in [5.74, 6) is 0. The zero-order valence-electron chi connectivity index (χ0n) is 11.6. The van der Waals surface area contributed by atoms with Crippen LogP contribution in [0.1, 0.15) is 12.5 Å². The Kier molecular flexibility index (Phi) is 6.74. The predicted octanol–water partition coefficient (Wildman–Crippen LogP) is 1.11. The number of nitrogens with zero attached hydrogens (tertiary/aromatic N) is 1. The lowest BCUT2D eigenvalue weighted by molar-refractivity contribution is 0.234. The first kappa shape index (κ1) is 15.3. The van der Waals surface area contributed by atoms with Gasteiger partial charge in [0.2, 0.25) is 0 Å². The Bertz CT molecular complexity index is 396. The number of carbonyl (C=O) groups excluding carboxylic acids is 1. The number of amides is 2. The van der Waals surface area contributed by atoms with E-state index in [-0.39, 0.29) is 19.2 Å². The number of benzene rings is 1. The monoisotopic (exact) mass is 265 g/mol. The van der Waals surface area contributed by atoms with Crippen LogP contribution < -0.4 is 15.5 Å². The lowest BCUT2D eigenvalue weighted by Gasteiger charge is -2.23. The Morgan fingerprint density at radius 3 is 2.68 bits per heavy atom. The van der Waals surface area contributed by atoms with Crippen LogP contribution in [0.3, 0.4) is 0 Å². The second-order valence-electron chi connectivity index (χ2n) is 4.32. The van der Waals surface area contributed by atoms with Crippen molar-refractivity contribution in [3.05, 3.63) is 29.8 Å². The molecule has 1 rings (SSSR count). The molecule has 0 spiro atoms. The molecule has 3 N–H and O–H groups in total. The molecule has 0 unspecified atom stereocenters. The van der Waals surface area contributed by atoms with E-state index >= 15 is 0 Å². The summed E-state index contributed by atoms with van der Waals surface area (Å²) < 4.78 is 0. The number of hydrogen-bond acceptors (Lipinski definition) is 3. The summed E-state index contributed by atoms with van der Waals surface area (Å²) in [5.41, 5.74) is 2.39. The number of aliphatic hydroxyl groups excluding tert-OH is 1. The van der Waals surface area contributed by atoms with Crippen LogP contribution in [0.4, 0.5) is 10.5 Å². The van der Waals surface area contributed by atoms with Gasteiger partial charge in [-0.05, 0) is 31.5 Å². The van der Waals surface area contributed by atoms with Crippen molar-refractivity contribution in [2.24, 2.45) is 0 Å². The number of nitrogens with one attached hydrogen (secondary N) is 2. The first-order chi connectivity index (χ1) is 9.17. The van der Waals surface area contributed by atoms with E-state index in [1.165, 1.54) is 11.3 Å². The topological polar surface area (TPSA) is 64.6 Å². The van der Waals surface area contributed by atoms with Crippen molar-refractivity contribution in [2.75, 3.05) is 37.7 Å². The van der Waals surface area contributed by atoms with Crippen molar-refractivity contribution in [2.45, 2.75) is 13.8 Å². The smallest absolute Gasteiger partial charge is 0.314 e. The molecule has 5 heteroatoms. The number of anilines is 1. The molecule has 1 aromatic rings. The summed E-state index contributed by atoms with van der Waals surface area (Å²) in [6.07, 6.45) is 0. The Morgan fingerprint density at radius 2 is 2.05 bits per heavy atom. The molecule has 0 heterocycles. The van der Waals surface area contributed by atoms with E-state index in [1.54, 1.807) is 0 Å². The highest BCUT2D eigenvalue weighted by Gasteiger charge is 2.05. The highest BCUT2D eigenvalue weighted by atomic mass is 16.3. The molecular formula is C14H23N3O2. The number of hydrogen-bond donors (Lipinski definition) is 3. The third-order valence-electron chi connectivity index (χ3n) is 2.81. The number of likely N-dealkylation sites (N-methyl/N-ethyl adjacent to an activating group) is 1. The number of aryl methyl sites for hydroxylation is 1. The first-order valence-electron chi connectivity index (χ1n) is 6.61. The molecule has 0 aliphatic carbocycles. The average Bonchev–Trinajstić information content (AvgIpc) is 2.41. The van der Waals surface area contributed by atoms with E-state index in [2.05, 4.69) is 47.6 Å². The Balaban J connectivity index is 2.39. The molecule has 0 fully saturated rings. The van der Waals surface area contributed by atoms with E-state index in [1.807, 2.05) is 6.07 Å². The van der Waals surface area contributed by atoms with Gasteiger partial charge in [0.25, 0.3) is 0 Å². The van der Waals surface area contributed by atoms with Gasteiger partial charge < -0.3 is 20.6 Å². The van der Waals surface area contributed by atoms with Gasteiger partial charge in [-0.25, -0.2) is 4.79 Å². The van der Waals surface area contributed by atoms with Crippen molar-refractivity contribution in [1.29, 1.82) is 0 Å². The molecule has 106 valence electrons. The van der Waals surface area contributed by atoms with Gasteiger partial charge in [0, 0.05) is 31.9 Å². The van der Waals surface area contributed by atoms with Gasteiger partial charge in [0.1, 0.15) is 0 Å². The second-order valence-corrected chi connectivity index (χ2v) is 4.32. The number of urea groups is 1. The summed E-state index contributed by atoms with van der Waals surface area (Å²) in [7, 11) is 0. The summed E-state index contributed by atoms with van der Waals surface area (Å²) in [4.78, 5) is 13.5. The van der Waals surface area contributed by atoms with E-state index in [0.717, 1.165) is 13.1 Å². The van der Waals surface area contributed by atoms with Crippen LogP contribution in [0.25, 0.3) is 0 Å². The van der Waals surface area contributed by atoms with E-state index in [0.29, 0.717) is 6.54 Å². The number of carbonyl (C=O) groups is 1. The van der Waals surface area contributed by atoms with Crippen molar-refractivity contribution >= 4 is 11.7 Å². The molecule has 2 amide bonds. The fraction of sp³-hybridized carbons (Fsp3) is 0.500. The van der Waals surface area contributed by atoms with Crippen LogP contribution in [0, 0.1) is 6.92 Å². The van der Waals surface area contributed by atoms with Gasteiger partial charge in [0.15, 0.2) is 0 Å². The van der Waals surface area contributed by atoms with Crippen molar-refractivity contribution in [3.8, 4) is 0 Å². The molecule has 0 aliphatic heterocycles. The predicted molar refractivity (Wildman–Crippen MR) is 77.6 cm³/mol. The lowest BCUT2D eigenvalue weighted by Crippen LogP contribution is -2.41. The summed E-state index contributed by atoms with van der Waals surface area (Å²) in [6, 6.07) is 8.07. The third-order valence-corrected chi connectivity index (χ3v) is 2.81. The number of aliphatic hydroxyl groups is 1. The molecule has 0 bridgehead atoms. The zero-order chi connectivity index (χ0) is 14.1. The van der Waals surface area contributed by atoms with Crippen LogP contribution in [-0.4, -0.2) is 43.9 Å². The molecule has 0 saturated carbocycles. The van der Waals surface area contributed by atoms with Gasteiger partial charge in [-0.1, -0.05) is 12.1 Å². The maximum Gasteiger partial charge on any atom is 0.314 e. The van der Waals surface area contributed by atoms with E-state index in [9.17, 15) is 4.79 Å². The summed E-state index contributed by atoms with van der Waals surface area (Å²) in [5, 5.41) is 13.9. The van der Waals surface area contributed by atoms with Gasteiger partial charge in [-0.3, -0.25) is 0 Å². The van der Waals surface area contributed by atoms with Crippen LogP contribution in [0.15, 0.2) is 24.3 Å². The highest BCUT2D eigenvalue weighted by Crippen LogP contribution is 2.14. The van der Waals surface area contributed by atoms with Crippen LogP contribution in [0.2, 0.25) is 0 Å². The average molecular weight is 265 g/mol. The molecule has 0 radical (unpaired) electrons. The Labute approximate surface area is 114 Å². The molecule has 1 aromatic carbocycles. The Hall–Kier alpha value is -1.75. The van der Waals surface area contributed by atoms with Gasteiger partial charge in [0.05, 0.1) is 6.61 Å². The molecule has 0 atom stereocenters. The summed E-state index contributed by atoms with van der Waals surface area (Å²) in [6.45, 7) is 6.61. The maximum atomic E-state index is 11.3. The quantitative estimate of drug-likeness (QED) is 0.692.